The molecule has 0 aliphatic carbocycles. The van der Waals surface area contributed by atoms with Crippen LogP contribution in [0.5, 0.6) is 0 Å². The summed E-state index contributed by atoms with van der Waals surface area (Å²) >= 11 is 1.79. The van der Waals surface area contributed by atoms with Gasteiger partial charge >= 0.3 is 0 Å². The smallest absolute Gasteiger partial charge is 0.0521 e. The molecule has 1 aromatic carbocycles. The van der Waals surface area contributed by atoms with Gasteiger partial charge < -0.3 is 5.32 Å². The zero-order valence-electron chi connectivity index (χ0n) is 13.2. The summed E-state index contributed by atoms with van der Waals surface area (Å²) in [6, 6.07) is 9.35. The second kappa shape index (κ2) is 8.25. The van der Waals surface area contributed by atoms with E-state index in [9.17, 15) is 0 Å². The molecule has 1 N–H and O–H groups in total. The van der Waals surface area contributed by atoms with Gasteiger partial charge in [0.25, 0.3) is 0 Å². The first-order chi connectivity index (χ1) is 10.2. The van der Waals surface area contributed by atoms with Crippen molar-refractivity contribution in [3.8, 4) is 0 Å². The Morgan fingerprint density at radius 3 is 2.62 bits per heavy atom. The molecule has 3 nitrogen and oxygen atoms in total. The Kier molecular flexibility index (Phi) is 6.33. The lowest BCUT2D eigenvalue weighted by molar-refractivity contribution is 0.499. The Morgan fingerprint density at radius 1 is 1.29 bits per heavy atom. The molecule has 21 heavy (non-hydrogen) atoms. The molecule has 2 aromatic rings. The second-order valence-corrected chi connectivity index (χ2v) is 6.22. The van der Waals surface area contributed by atoms with Gasteiger partial charge in [-0.2, -0.15) is 5.10 Å². The van der Waals surface area contributed by atoms with Gasteiger partial charge in [0.15, 0.2) is 0 Å². The van der Waals surface area contributed by atoms with Crippen molar-refractivity contribution < 1.29 is 0 Å². The van der Waals surface area contributed by atoms with Crippen LogP contribution < -0.4 is 5.32 Å². The maximum absolute atomic E-state index is 4.25. The molecular weight excluding hydrogens is 278 g/mol. The van der Waals surface area contributed by atoms with E-state index in [0.29, 0.717) is 6.04 Å². The highest BCUT2D eigenvalue weighted by atomic mass is 32.2. The molecule has 0 spiro atoms. The number of rotatable bonds is 8. The topological polar surface area (TPSA) is 29.9 Å². The summed E-state index contributed by atoms with van der Waals surface area (Å²) in [4.78, 5) is 1.32. The van der Waals surface area contributed by atoms with Crippen molar-refractivity contribution in [3.63, 3.8) is 0 Å². The SMILES string of the molecule is CCCNC(CCc1cnn(C)c1)c1ccc(SC)cc1. The monoisotopic (exact) mass is 303 g/mol. The van der Waals surface area contributed by atoms with E-state index < -0.39 is 0 Å². The summed E-state index contributed by atoms with van der Waals surface area (Å²) in [5.74, 6) is 0. The molecule has 0 amide bonds. The average molecular weight is 303 g/mol. The van der Waals surface area contributed by atoms with Crippen LogP contribution in [-0.4, -0.2) is 22.6 Å². The van der Waals surface area contributed by atoms with Crippen LogP contribution in [0.4, 0.5) is 0 Å². The summed E-state index contributed by atoms with van der Waals surface area (Å²) in [5.41, 5.74) is 2.69. The Bertz CT molecular complexity index is 533. The molecule has 1 aromatic heterocycles. The first-order valence-corrected chi connectivity index (χ1v) is 8.80. The van der Waals surface area contributed by atoms with Crippen LogP contribution in [0.3, 0.4) is 0 Å². The van der Waals surface area contributed by atoms with Crippen molar-refractivity contribution in [1.82, 2.24) is 15.1 Å². The number of benzene rings is 1. The zero-order valence-corrected chi connectivity index (χ0v) is 14.0. The van der Waals surface area contributed by atoms with E-state index in [4.69, 9.17) is 0 Å². The minimum Gasteiger partial charge on any atom is -0.310 e. The van der Waals surface area contributed by atoms with Gasteiger partial charge in [-0.1, -0.05) is 19.1 Å². The number of hydrogen-bond donors (Lipinski definition) is 1. The minimum absolute atomic E-state index is 0.418. The number of nitrogens with zero attached hydrogens (tertiary/aromatic N) is 2. The molecule has 0 saturated carbocycles. The Hall–Kier alpha value is -1.26. The molecule has 1 unspecified atom stereocenters. The number of aryl methyl sites for hydroxylation is 2. The normalized spacial score (nSPS) is 12.5. The van der Waals surface area contributed by atoms with Crippen LogP contribution in [0, 0.1) is 0 Å². The average Bonchev–Trinajstić information content (AvgIpc) is 2.93. The number of hydrogen-bond acceptors (Lipinski definition) is 3. The maximum Gasteiger partial charge on any atom is 0.0521 e. The highest BCUT2D eigenvalue weighted by Crippen LogP contribution is 2.22. The van der Waals surface area contributed by atoms with Crippen molar-refractivity contribution in [2.45, 2.75) is 37.1 Å². The molecule has 4 heteroatoms. The Labute approximate surface area is 132 Å². The number of thioether (sulfide) groups is 1. The molecule has 0 saturated heterocycles. The van der Waals surface area contributed by atoms with Crippen molar-refractivity contribution in [1.29, 1.82) is 0 Å². The number of nitrogens with one attached hydrogen (secondary N) is 1. The van der Waals surface area contributed by atoms with Crippen LogP contribution >= 0.6 is 11.8 Å². The van der Waals surface area contributed by atoms with Crippen LogP contribution in [0.15, 0.2) is 41.6 Å². The van der Waals surface area contributed by atoms with Crippen molar-refractivity contribution in [2.24, 2.45) is 7.05 Å². The summed E-state index contributed by atoms with van der Waals surface area (Å²) in [6.45, 7) is 3.27. The molecule has 0 aliphatic rings. The van der Waals surface area contributed by atoms with Gasteiger partial charge in [0.1, 0.15) is 0 Å². The summed E-state index contributed by atoms with van der Waals surface area (Å²) in [5, 5.41) is 7.91. The van der Waals surface area contributed by atoms with Gasteiger partial charge in [-0.05, 0) is 55.3 Å². The first kappa shape index (κ1) is 16.1. The standard InChI is InChI=1S/C17H25N3S/c1-4-11-18-17(10-5-14-12-19-20(2)13-14)15-6-8-16(21-3)9-7-15/h6-9,12-13,17-18H,4-5,10-11H2,1-3H3. The van der Waals surface area contributed by atoms with Gasteiger partial charge in [0.2, 0.25) is 0 Å². The lowest BCUT2D eigenvalue weighted by Crippen LogP contribution is -2.22. The fourth-order valence-electron chi connectivity index (χ4n) is 2.45. The van der Waals surface area contributed by atoms with Gasteiger partial charge in [0, 0.05) is 24.2 Å². The van der Waals surface area contributed by atoms with E-state index in [-0.39, 0.29) is 0 Å². The highest BCUT2D eigenvalue weighted by Gasteiger charge is 2.11. The first-order valence-electron chi connectivity index (χ1n) is 7.57. The third-order valence-corrected chi connectivity index (χ3v) is 4.38. The van der Waals surface area contributed by atoms with E-state index in [1.807, 2.05) is 17.9 Å². The molecule has 1 heterocycles. The third kappa shape index (κ3) is 4.90. The second-order valence-electron chi connectivity index (χ2n) is 5.34. The molecule has 0 radical (unpaired) electrons. The molecule has 0 fully saturated rings. The molecular formula is C17H25N3S. The molecule has 114 valence electrons. The van der Waals surface area contributed by atoms with Gasteiger partial charge in [-0.25, -0.2) is 0 Å². The van der Waals surface area contributed by atoms with Gasteiger partial charge in [-0.15, -0.1) is 11.8 Å². The van der Waals surface area contributed by atoms with E-state index >= 15 is 0 Å². The van der Waals surface area contributed by atoms with Gasteiger partial charge in [-0.3, -0.25) is 4.68 Å². The zero-order chi connectivity index (χ0) is 15.1. The lowest BCUT2D eigenvalue weighted by Gasteiger charge is -2.19. The van der Waals surface area contributed by atoms with Crippen molar-refractivity contribution in [2.75, 3.05) is 12.8 Å². The Balaban J connectivity index is 2.01. The van der Waals surface area contributed by atoms with Crippen molar-refractivity contribution in [3.05, 3.63) is 47.8 Å². The lowest BCUT2D eigenvalue weighted by atomic mass is 10.00. The van der Waals surface area contributed by atoms with Crippen LogP contribution in [0.2, 0.25) is 0 Å². The highest BCUT2D eigenvalue weighted by molar-refractivity contribution is 7.98. The Morgan fingerprint density at radius 2 is 2.05 bits per heavy atom. The molecule has 2 rings (SSSR count). The minimum atomic E-state index is 0.418. The fourth-order valence-corrected chi connectivity index (χ4v) is 2.86. The molecule has 0 aliphatic heterocycles. The van der Waals surface area contributed by atoms with Crippen molar-refractivity contribution >= 4 is 11.8 Å². The summed E-state index contributed by atoms with van der Waals surface area (Å²) < 4.78 is 1.87. The third-order valence-electron chi connectivity index (χ3n) is 3.64. The van der Waals surface area contributed by atoms with Crippen LogP contribution in [-0.2, 0) is 13.5 Å². The predicted molar refractivity (Wildman–Crippen MR) is 90.8 cm³/mol. The van der Waals surface area contributed by atoms with Crippen LogP contribution in [0.25, 0.3) is 0 Å². The quantitative estimate of drug-likeness (QED) is 0.752. The van der Waals surface area contributed by atoms with E-state index in [2.05, 4.69) is 54.1 Å². The van der Waals surface area contributed by atoms with E-state index in [1.54, 1.807) is 11.8 Å². The molecule has 1 atom stereocenters. The fraction of sp³-hybridized carbons (Fsp3) is 0.471. The van der Waals surface area contributed by atoms with E-state index in [1.165, 1.54) is 16.0 Å². The largest absolute Gasteiger partial charge is 0.310 e. The van der Waals surface area contributed by atoms with Crippen LogP contribution in [0.1, 0.15) is 36.9 Å². The summed E-state index contributed by atoms with van der Waals surface area (Å²) in [7, 11) is 1.97. The predicted octanol–water partition coefficient (Wildman–Crippen LogP) is 3.82. The maximum atomic E-state index is 4.25. The molecule has 0 bridgehead atoms. The van der Waals surface area contributed by atoms with Gasteiger partial charge in [0.05, 0.1) is 6.20 Å². The number of aromatic nitrogens is 2. The summed E-state index contributed by atoms with van der Waals surface area (Å²) in [6.07, 6.45) is 9.50. The van der Waals surface area contributed by atoms with E-state index in [0.717, 1.165) is 25.8 Å².